The van der Waals surface area contributed by atoms with Crippen LogP contribution in [0.25, 0.3) is 5.65 Å². The third kappa shape index (κ3) is 4.96. The van der Waals surface area contributed by atoms with Crippen molar-refractivity contribution in [1.29, 1.82) is 0 Å². The molecule has 35 heavy (non-hydrogen) atoms. The van der Waals surface area contributed by atoms with Crippen LogP contribution in [-0.4, -0.2) is 42.5 Å². The maximum absolute atomic E-state index is 13.3. The Kier molecular flexibility index (Phi) is 7.01. The Morgan fingerprint density at radius 1 is 0.971 bits per heavy atom. The van der Waals surface area contributed by atoms with Crippen molar-refractivity contribution < 1.29 is 19.1 Å². The quantitative estimate of drug-likeness (QED) is 0.417. The molecule has 0 bridgehead atoms. The molecule has 2 aromatic carbocycles. The van der Waals surface area contributed by atoms with Crippen LogP contribution in [-0.2, 0) is 13.0 Å². The molecule has 2 amide bonds. The molecule has 0 aliphatic carbocycles. The predicted octanol–water partition coefficient (Wildman–Crippen LogP) is 4.12. The molecule has 0 saturated carbocycles. The Morgan fingerprint density at radius 2 is 1.71 bits per heavy atom. The van der Waals surface area contributed by atoms with Crippen LogP contribution in [0.3, 0.4) is 0 Å². The number of fused-ring (bicyclic) bond motifs is 1. The average molecular weight is 473 g/mol. The van der Waals surface area contributed by atoms with E-state index in [0.29, 0.717) is 41.3 Å². The number of ether oxygens (including phenoxy) is 2. The third-order valence-electron chi connectivity index (χ3n) is 5.81. The lowest BCUT2D eigenvalue weighted by Crippen LogP contribution is -2.28. The zero-order valence-corrected chi connectivity index (χ0v) is 20.2. The molecule has 0 fully saturated rings. The Labute approximate surface area is 204 Å². The zero-order valence-electron chi connectivity index (χ0n) is 20.2. The molecule has 0 atom stereocenters. The number of rotatable bonds is 8. The monoisotopic (exact) mass is 472 g/mol. The number of nitrogens with one attached hydrogen (secondary N) is 1. The van der Waals surface area contributed by atoms with E-state index in [0.717, 1.165) is 17.0 Å². The first-order valence-corrected chi connectivity index (χ1v) is 11.3. The highest BCUT2D eigenvalue weighted by molar-refractivity contribution is 6.06. The number of hydrogen-bond acceptors (Lipinski definition) is 5. The summed E-state index contributed by atoms with van der Waals surface area (Å²) in [6, 6.07) is 18.1. The van der Waals surface area contributed by atoms with Crippen molar-refractivity contribution in [3.63, 3.8) is 0 Å². The number of aryl methyl sites for hydroxylation is 1. The van der Waals surface area contributed by atoms with Gasteiger partial charge in [-0.1, -0.05) is 25.1 Å². The van der Waals surface area contributed by atoms with Gasteiger partial charge in [-0.15, -0.1) is 0 Å². The van der Waals surface area contributed by atoms with E-state index >= 15 is 0 Å². The highest BCUT2D eigenvalue weighted by Gasteiger charge is 2.22. The Morgan fingerprint density at radius 3 is 2.40 bits per heavy atom. The van der Waals surface area contributed by atoms with Crippen molar-refractivity contribution in [1.82, 2.24) is 14.7 Å². The highest BCUT2D eigenvalue weighted by atomic mass is 16.5. The summed E-state index contributed by atoms with van der Waals surface area (Å²) in [6.07, 6.45) is 2.35. The summed E-state index contributed by atoms with van der Waals surface area (Å²) in [6.45, 7) is 2.36. The Hall–Kier alpha value is -4.33. The van der Waals surface area contributed by atoms with Crippen molar-refractivity contribution in [2.45, 2.75) is 19.9 Å². The molecule has 2 heterocycles. The van der Waals surface area contributed by atoms with E-state index in [1.54, 1.807) is 73.2 Å². The third-order valence-corrected chi connectivity index (χ3v) is 5.81. The first-order valence-electron chi connectivity index (χ1n) is 11.3. The number of aromatic nitrogens is 2. The summed E-state index contributed by atoms with van der Waals surface area (Å²) in [4.78, 5) is 32.4. The first-order chi connectivity index (χ1) is 16.9. The van der Waals surface area contributed by atoms with Crippen molar-refractivity contribution in [2.24, 2.45) is 0 Å². The lowest BCUT2D eigenvalue weighted by atomic mass is 10.2. The van der Waals surface area contributed by atoms with E-state index in [2.05, 4.69) is 10.3 Å². The van der Waals surface area contributed by atoms with Gasteiger partial charge in [-0.25, -0.2) is 4.98 Å². The Bertz CT molecular complexity index is 1360. The van der Waals surface area contributed by atoms with E-state index in [4.69, 9.17) is 9.47 Å². The SMILES string of the molecule is CCc1nc2ccc(C(=O)NCc3ccc(OC)cc3)cn2c1N(C)C(=O)c1cccc(OC)c1. The second kappa shape index (κ2) is 10.3. The van der Waals surface area contributed by atoms with Gasteiger partial charge in [-0.05, 0) is 54.4 Å². The molecule has 8 heteroatoms. The van der Waals surface area contributed by atoms with Crippen LogP contribution in [0.1, 0.15) is 38.9 Å². The molecule has 2 aromatic heterocycles. The molecule has 8 nitrogen and oxygen atoms in total. The van der Waals surface area contributed by atoms with E-state index in [1.807, 2.05) is 31.2 Å². The molecule has 0 aliphatic rings. The molecule has 0 unspecified atom stereocenters. The fraction of sp³-hybridized carbons (Fsp3) is 0.222. The number of methoxy groups -OCH3 is 2. The normalized spacial score (nSPS) is 10.7. The van der Waals surface area contributed by atoms with E-state index in [-0.39, 0.29) is 11.8 Å². The predicted molar refractivity (Wildman–Crippen MR) is 134 cm³/mol. The van der Waals surface area contributed by atoms with Gasteiger partial charge in [-0.2, -0.15) is 0 Å². The van der Waals surface area contributed by atoms with Crippen molar-refractivity contribution >= 4 is 23.3 Å². The maximum atomic E-state index is 13.3. The summed E-state index contributed by atoms with van der Waals surface area (Å²) in [5.74, 6) is 1.57. The molecular formula is C27H28N4O4. The second-order valence-electron chi connectivity index (χ2n) is 8.01. The molecule has 0 saturated heterocycles. The molecule has 4 aromatic rings. The van der Waals surface area contributed by atoms with Crippen LogP contribution < -0.4 is 19.7 Å². The van der Waals surface area contributed by atoms with Gasteiger partial charge in [0.1, 0.15) is 23.0 Å². The minimum absolute atomic E-state index is 0.199. The topological polar surface area (TPSA) is 85.2 Å². The van der Waals surface area contributed by atoms with Gasteiger partial charge in [0.05, 0.1) is 25.5 Å². The van der Waals surface area contributed by atoms with Crippen molar-refractivity contribution in [3.8, 4) is 11.5 Å². The van der Waals surface area contributed by atoms with Gasteiger partial charge in [0, 0.05) is 25.4 Å². The standard InChI is InChI=1S/C27H28N4O4/c1-5-23-26(30(2)27(33)19-7-6-8-22(15-19)35-4)31-17-20(11-14-24(31)29-23)25(32)28-16-18-9-12-21(34-3)13-10-18/h6-15,17H,5,16H2,1-4H3,(H,28,32). The molecule has 0 radical (unpaired) electrons. The number of carbonyl (C=O) groups is 2. The lowest BCUT2D eigenvalue weighted by Gasteiger charge is -2.19. The van der Waals surface area contributed by atoms with Crippen LogP contribution in [0.4, 0.5) is 5.82 Å². The average Bonchev–Trinajstić information content (AvgIpc) is 3.29. The zero-order chi connectivity index (χ0) is 24.9. The van der Waals surface area contributed by atoms with Gasteiger partial charge < -0.3 is 14.8 Å². The number of hydrogen-bond donors (Lipinski definition) is 1. The van der Waals surface area contributed by atoms with Crippen LogP contribution in [0.5, 0.6) is 11.5 Å². The summed E-state index contributed by atoms with van der Waals surface area (Å²) >= 11 is 0. The fourth-order valence-electron chi connectivity index (χ4n) is 3.88. The number of benzene rings is 2. The highest BCUT2D eigenvalue weighted by Crippen LogP contribution is 2.25. The second-order valence-corrected chi connectivity index (χ2v) is 8.01. The minimum Gasteiger partial charge on any atom is -0.497 e. The van der Waals surface area contributed by atoms with Crippen LogP contribution in [0.2, 0.25) is 0 Å². The number of pyridine rings is 1. The number of imidazole rings is 1. The maximum Gasteiger partial charge on any atom is 0.259 e. The van der Waals surface area contributed by atoms with E-state index in [1.165, 1.54) is 0 Å². The van der Waals surface area contributed by atoms with Gasteiger partial charge in [-0.3, -0.25) is 18.9 Å². The van der Waals surface area contributed by atoms with E-state index in [9.17, 15) is 9.59 Å². The van der Waals surface area contributed by atoms with Crippen molar-refractivity contribution in [2.75, 3.05) is 26.2 Å². The first kappa shape index (κ1) is 23.8. The molecule has 1 N–H and O–H groups in total. The largest absolute Gasteiger partial charge is 0.497 e. The summed E-state index contributed by atoms with van der Waals surface area (Å²) in [5, 5.41) is 2.94. The molecule has 4 rings (SSSR count). The van der Waals surface area contributed by atoms with E-state index < -0.39 is 0 Å². The van der Waals surface area contributed by atoms with Gasteiger partial charge in [0.15, 0.2) is 0 Å². The smallest absolute Gasteiger partial charge is 0.259 e. The van der Waals surface area contributed by atoms with Gasteiger partial charge in [0.25, 0.3) is 11.8 Å². The molecular weight excluding hydrogens is 444 g/mol. The minimum atomic E-state index is -0.220. The van der Waals surface area contributed by atoms with Gasteiger partial charge in [0.2, 0.25) is 0 Å². The number of anilines is 1. The van der Waals surface area contributed by atoms with Crippen molar-refractivity contribution in [3.05, 3.63) is 89.2 Å². The van der Waals surface area contributed by atoms with Crippen LogP contribution >= 0.6 is 0 Å². The summed E-state index contributed by atoms with van der Waals surface area (Å²) in [5.41, 5.74) is 3.35. The molecule has 0 spiro atoms. The van der Waals surface area contributed by atoms with Crippen LogP contribution in [0, 0.1) is 0 Å². The lowest BCUT2D eigenvalue weighted by molar-refractivity contribution is 0.0949. The number of amides is 2. The summed E-state index contributed by atoms with van der Waals surface area (Å²) in [7, 11) is 4.89. The summed E-state index contributed by atoms with van der Waals surface area (Å²) < 4.78 is 12.2. The molecule has 180 valence electrons. The Balaban J connectivity index is 1.61. The fourth-order valence-corrected chi connectivity index (χ4v) is 3.88. The molecule has 0 aliphatic heterocycles. The van der Waals surface area contributed by atoms with Crippen LogP contribution in [0.15, 0.2) is 66.9 Å². The number of nitrogens with zero attached hydrogens (tertiary/aromatic N) is 3. The van der Waals surface area contributed by atoms with Gasteiger partial charge >= 0.3 is 0 Å². The number of carbonyl (C=O) groups excluding carboxylic acids is 2.